The average molecular weight is 647 g/mol. The Morgan fingerprint density at radius 3 is 2.41 bits per heavy atom. The number of carbonyl (C=O) groups excluding carboxylic acids is 2. The van der Waals surface area contributed by atoms with E-state index in [1.165, 1.54) is 0 Å². The molecule has 3 aliphatic heterocycles. The van der Waals surface area contributed by atoms with Gasteiger partial charge in [0.25, 0.3) is 11.5 Å². The molecule has 6 rings (SSSR count). The van der Waals surface area contributed by atoms with E-state index in [4.69, 9.17) is 4.74 Å². The molecule has 0 aliphatic carbocycles. The van der Waals surface area contributed by atoms with E-state index < -0.39 is 15.3 Å². The summed E-state index contributed by atoms with van der Waals surface area (Å²) in [5.41, 5.74) is 6.79. The monoisotopic (exact) mass is 646 g/mol. The molecule has 1 spiro atoms. The number of pyridine rings is 1. The Labute approximate surface area is 269 Å². The molecule has 4 heterocycles. The molecular formula is C35H42N4O6S. The van der Waals surface area contributed by atoms with Crippen LogP contribution in [0.4, 0.5) is 11.4 Å². The first-order valence-electron chi connectivity index (χ1n) is 16.1. The Kier molecular flexibility index (Phi) is 8.58. The van der Waals surface area contributed by atoms with Gasteiger partial charge in [-0.1, -0.05) is 12.1 Å². The second-order valence-electron chi connectivity index (χ2n) is 12.9. The predicted molar refractivity (Wildman–Crippen MR) is 179 cm³/mol. The summed E-state index contributed by atoms with van der Waals surface area (Å²) in [6.45, 7) is 9.43. The van der Waals surface area contributed by atoms with Gasteiger partial charge in [0.1, 0.15) is 9.84 Å². The number of aryl methyl sites for hydroxylation is 2. The summed E-state index contributed by atoms with van der Waals surface area (Å²) in [5.74, 6) is -0.0272. The second kappa shape index (κ2) is 12.3. The number of hydrogen-bond donors (Lipinski definition) is 3. The number of aromatic amines is 1. The van der Waals surface area contributed by atoms with Crippen molar-refractivity contribution in [1.82, 2.24) is 10.3 Å². The third kappa shape index (κ3) is 5.86. The Bertz CT molecular complexity index is 1860. The molecule has 10 nitrogen and oxygen atoms in total. The van der Waals surface area contributed by atoms with Crippen LogP contribution in [0.2, 0.25) is 0 Å². The zero-order valence-electron chi connectivity index (χ0n) is 26.9. The minimum absolute atomic E-state index is 0.00147. The van der Waals surface area contributed by atoms with Gasteiger partial charge in [0.15, 0.2) is 0 Å². The minimum atomic E-state index is -3.05. The summed E-state index contributed by atoms with van der Waals surface area (Å²) in [6.07, 6.45) is 2.31. The fraction of sp³-hybridized carbons (Fsp3) is 0.457. The highest BCUT2D eigenvalue weighted by Gasteiger charge is 2.47. The number of aromatic nitrogens is 1. The maximum absolute atomic E-state index is 13.9. The predicted octanol–water partition coefficient (Wildman–Crippen LogP) is 4.30. The van der Waals surface area contributed by atoms with Crippen molar-refractivity contribution in [3.05, 3.63) is 80.3 Å². The molecule has 3 aromatic rings. The number of ether oxygens (including phenoxy) is 1. The number of carbonyl (C=O) groups is 2. The number of anilines is 2. The lowest BCUT2D eigenvalue weighted by atomic mass is 9.75. The highest BCUT2D eigenvalue weighted by molar-refractivity contribution is 7.91. The summed E-state index contributed by atoms with van der Waals surface area (Å²) in [7, 11) is -3.05. The molecule has 1 aromatic heterocycles. The number of fused-ring (bicyclic) bond motifs is 2. The third-order valence-corrected chi connectivity index (χ3v) is 11.8. The fourth-order valence-corrected chi connectivity index (χ4v) is 8.87. The van der Waals surface area contributed by atoms with Crippen LogP contribution in [0.15, 0.2) is 41.2 Å². The zero-order chi connectivity index (χ0) is 32.8. The molecular weight excluding hydrogens is 604 g/mol. The number of sulfone groups is 1. The Morgan fingerprint density at radius 2 is 1.74 bits per heavy atom. The van der Waals surface area contributed by atoms with Gasteiger partial charge in [-0.15, -0.1) is 0 Å². The lowest BCUT2D eigenvalue weighted by Crippen LogP contribution is -2.42. The normalized spacial score (nSPS) is 18.7. The molecule has 0 unspecified atom stereocenters. The lowest BCUT2D eigenvalue weighted by Gasteiger charge is -2.37. The van der Waals surface area contributed by atoms with Crippen molar-refractivity contribution in [2.24, 2.45) is 0 Å². The van der Waals surface area contributed by atoms with E-state index in [0.29, 0.717) is 56.6 Å². The molecule has 0 radical (unpaired) electrons. The van der Waals surface area contributed by atoms with E-state index in [2.05, 4.69) is 26.6 Å². The van der Waals surface area contributed by atoms with Crippen molar-refractivity contribution in [2.75, 3.05) is 41.5 Å². The van der Waals surface area contributed by atoms with Crippen LogP contribution in [0.25, 0.3) is 11.1 Å². The van der Waals surface area contributed by atoms with E-state index in [1.54, 1.807) is 0 Å². The van der Waals surface area contributed by atoms with Gasteiger partial charge in [0.05, 0.1) is 16.9 Å². The van der Waals surface area contributed by atoms with E-state index >= 15 is 0 Å². The largest absolute Gasteiger partial charge is 0.381 e. The van der Waals surface area contributed by atoms with E-state index in [1.807, 2.05) is 58.0 Å². The quantitative estimate of drug-likeness (QED) is 0.348. The van der Waals surface area contributed by atoms with Gasteiger partial charge in [-0.25, -0.2) is 8.42 Å². The number of rotatable bonds is 7. The van der Waals surface area contributed by atoms with Crippen molar-refractivity contribution in [1.29, 1.82) is 0 Å². The molecule has 3 N–H and O–H groups in total. The molecule has 2 aromatic carbocycles. The third-order valence-electron chi connectivity index (χ3n) is 10.1. The first kappa shape index (κ1) is 32.0. The van der Waals surface area contributed by atoms with Crippen LogP contribution in [-0.4, -0.2) is 62.5 Å². The van der Waals surface area contributed by atoms with Gasteiger partial charge >= 0.3 is 0 Å². The molecule has 0 saturated carbocycles. The van der Waals surface area contributed by atoms with Crippen LogP contribution in [0, 0.1) is 20.8 Å². The maximum Gasteiger partial charge on any atom is 0.253 e. The van der Waals surface area contributed by atoms with Crippen LogP contribution in [-0.2, 0) is 31.3 Å². The number of H-pyrrole nitrogens is 1. The van der Waals surface area contributed by atoms with Crippen molar-refractivity contribution >= 4 is 33.0 Å². The van der Waals surface area contributed by atoms with Crippen LogP contribution >= 0.6 is 0 Å². The first-order valence-corrected chi connectivity index (χ1v) is 17.9. The number of benzene rings is 2. The number of amides is 2. The summed E-state index contributed by atoms with van der Waals surface area (Å²) in [6, 6.07) is 11.8. The number of hydrogen-bond acceptors (Lipinski definition) is 7. The molecule has 2 fully saturated rings. The molecule has 0 atom stereocenters. The average Bonchev–Trinajstić information content (AvgIpc) is 3.27. The van der Waals surface area contributed by atoms with Gasteiger partial charge < -0.3 is 25.3 Å². The smallest absolute Gasteiger partial charge is 0.253 e. The zero-order valence-corrected chi connectivity index (χ0v) is 27.7. The Balaban J connectivity index is 1.40. The standard InChI is InChI=1S/C35H42N4O6S/c1-5-39(26-8-14-46(43,44)15-9-26)31-19-25(24-6-7-29-30(18-24)38-34(42)35(29)10-12-45-13-11-35)17-27(23(31)4)32(40)36-20-28-21(2)16-22(3)37-33(28)41/h6-7,16-19,26H,5,8-15,20H2,1-4H3,(H,36,40)(H,37,41)(H,38,42). The van der Waals surface area contributed by atoms with Crippen molar-refractivity contribution in [2.45, 2.75) is 71.4 Å². The molecule has 2 amide bonds. The Hall–Kier alpha value is -3.96. The van der Waals surface area contributed by atoms with E-state index in [-0.39, 0.29) is 41.5 Å². The maximum atomic E-state index is 13.9. The molecule has 3 aliphatic rings. The van der Waals surface area contributed by atoms with Crippen molar-refractivity contribution in [3.63, 3.8) is 0 Å². The summed E-state index contributed by atoms with van der Waals surface area (Å²) < 4.78 is 30.0. The number of nitrogens with zero attached hydrogens (tertiary/aromatic N) is 1. The van der Waals surface area contributed by atoms with Crippen LogP contribution in [0.5, 0.6) is 0 Å². The van der Waals surface area contributed by atoms with Crippen molar-refractivity contribution in [3.8, 4) is 11.1 Å². The second-order valence-corrected chi connectivity index (χ2v) is 15.2. The molecule has 0 bridgehead atoms. The SMILES string of the molecule is CCN(c1cc(-c2ccc3c(c2)NC(=O)C32CCOCC2)cc(C(=O)NCc2c(C)cc(C)[nH]c2=O)c1C)C1CCS(=O)(=O)CC1. The fourth-order valence-electron chi connectivity index (χ4n) is 7.40. The molecule has 244 valence electrons. The van der Waals surface area contributed by atoms with Crippen LogP contribution < -0.4 is 21.1 Å². The summed E-state index contributed by atoms with van der Waals surface area (Å²) in [5, 5.41) is 6.08. The highest BCUT2D eigenvalue weighted by atomic mass is 32.2. The van der Waals surface area contributed by atoms with Crippen LogP contribution in [0.1, 0.15) is 70.9 Å². The number of nitrogens with one attached hydrogen (secondary N) is 3. The van der Waals surface area contributed by atoms with Crippen molar-refractivity contribution < 1.29 is 22.7 Å². The summed E-state index contributed by atoms with van der Waals surface area (Å²) >= 11 is 0. The lowest BCUT2D eigenvalue weighted by molar-refractivity contribution is -0.124. The highest BCUT2D eigenvalue weighted by Crippen LogP contribution is 2.46. The molecule has 46 heavy (non-hydrogen) atoms. The van der Waals surface area contributed by atoms with Gasteiger partial charge in [0, 0.05) is 60.5 Å². The van der Waals surface area contributed by atoms with Gasteiger partial charge in [0.2, 0.25) is 5.91 Å². The summed E-state index contributed by atoms with van der Waals surface area (Å²) in [4.78, 5) is 44.8. The van der Waals surface area contributed by atoms with Gasteiger partial charge in [-0.3, -0.25) is 14.4 Å². The minimum Gasteiger partial charge on any atom is -0.381 e. The molecule has 11 heteroatoms. The van der Waals surface area contributed by atoms with E-state index in [0.717, 1.165) is 44.9 Å². The van der Waals surface area contributed by atoms with Gasteiger partial charge in [-0.2, -0.15) is 0 Å². The Morgan fingerprint density at radius 1 is 1.02 bits per heavy atom. The van der Waals surface area contributed by atoms with Crippen LogP contribution in [0.3, 0.4) is 0 Å². The molecule has 2 saturated heterocycles. The first-order chi connectivity index (χ1) is 21.9. The van der Waals surface area contributed by atoms with Gasteiger partial charge in [-0.05, 0) is 105 Å². The topological polar surface area (TPSA) is 138 Å². The van der Waals surface area contributed by atoms with E-state index in [9.17, 15) is 22.8 Å².